The number of aryl methyl sites for hydroxylation is 1. The van der Waals surface area contributed by atoms with Gasteiger partial charge in [0.15, 0.2) is 0 Å². The molecular weight excluding hydrogens is 214 g/mol. The van der Waals surface area contributed by atoms with E-state index < -0.39 is 6.10 Å². The Hall–Kier alpha value is -1.35. The molecule has 0 radical (unpaired) electrons. The maximum atomic E-state index is 11.8. The molecule has 3 heteroatoms. The largest absolute Gasteiger partial charge is 0.393 e. The van der Waals surface area contributed by atoms with Crippen LogP contribution in [0, 0.1) is 0 Å². The molecule has 1 N–H and O–H groups in total. The number of nitrogens with zero attached hydrogens (tertiary/aromatic N) is 1. The van der Waals surface area contributed by atoms with Crippen LogP contribution in [0.1, 0.15) is 32.3 Å². The fourth-order valence-corrected chi connectivity index (χ4v) is 1.60. The first-order valence-corrected chi connectivity index (χ1v) is 6.08. The number of carbonyl (C=O) groups is 1. The summed E-state index contributed by atoms with van der Waals surface area (Å²) in [5, 5.41) is 9.15. The van der Waals surface area contributed by atoms with E-state index in [2.05, 4.69) is 6.92 Å². The van der Waals surface area contributed by atoms with Crippen molar-refractivity contribution in [2.45, 2.75) is 39.2 Å². The predicted molar refractivity (Wildman–Crippen MR) is 70.1 cm³/mol. The summed E-state index contributed by atoms with van der Waals surface area (Å²) in [5.41, 5.74) is 2.16. The van der Waals surface area contributed by atoms with Crippen LogP contribution in [0.25, 0.3) is 0 Å². The lowest BCUT2D eigenvalue weighted by molar-refractivity contribution is -0.118. The van der Waals surface area contributed by atoms with Gasteiger partial charge in [0, 0.05) is 19.2 Å². The third-order valence-electron chi connectivity index (χ3n) is 2.88. The third-order valence-corrected chi connectivity index (χ3v) is 2.88. The van der Waals surface area contributed by atoms with Crippen molar-refractivity contribution in [3.63, 3.8) is 0 Å². The first-order chi connectivity index (χ1) is 8.04. The van der Waals surface area contributed by atoms with E-state index in [9.17, 15) is 4.79 Å². The van der Waals surface area contributed by atoms with Gasteiger partial charge in [0.25, 0.3) is 0 Å². The zero-order valence-electron chi connectivity index (χ0n) is 10.8. The number of carbonyl (C=O) groups excluding carboxylic acids is 1. The van der Waals surface area contributed by atoms with Crippen molar-refractivity contribution in [1.82, 2.24) is 0 Å². The molecule has 0 aliphatic heterocycles. The molecule has 0 heterocycles. The number of benzene rings is 1. The summed E-state index contributed by atoms with van der Waals surface area (Å²) in [7, 11) is 1.77. The molecule has 0 bridgehead atoms. The first-order valence-electron chi connectivity index (χ1n) is 6.08. The molecule has 1 unspecified atom stereocenters. The van der Waals surface area contributed by atoms with Crippen LogP contribution in [-0.4, -0.2) is 24.2 Å². The van der Waals surface area contributed by atoms with Gasteiger partial charge < -0.3 is 10.0 Å². The van der Waals surface area contributed by atoms with E-state index in [0.29, 0.717) is 12.8 Å². The van der Waals surface area contributed by atoms with E-state index in [1.54, 1.807) is 18.9 Å². The minimum absolute atomic E-state index is 0.0372. The minimum Gasteiger partial charge on any atom is -0.393 e. The Kier molecular flexibility index (Phi) is 5.16. The van der Waals surface area contributed by atoms with Gasteiger partial charge in [-0.15, -0.1) is 0 Å². The molecule has 17 heavy (non-hydrogen) atoms. The number of hydrogen-bond acceptors (Lipinski definition) is 2. The van der Waals surface area contributed by atoms with E-state index in [4.69, 9.17) is 5.11 Å². The first kappa shape index (κ1) is 13.7. The molecule has 0 aromatic heterocycles. The summed E-state index contributed by atoms with van der Waals surface area (Å²) < 4.78 is 0. The Bertz CT molecular complexity index is 357. The molecule has 0 saturated heterocycles. The van der Waals surface area contributed by atoms with E-state index in [0.717, 1.165) is 12.1 Å². The zero-order chi connectivity index (χ0) is 12.8. The molecule has 94 valence electrons. The monoisotopic (exact) mass is 235 g/mol. The smallest absolute Gasteiger partial charge is 0.226 e. The van der Waals surface area contributed by atoms with Crippen LogP contribution in [0.5, 0.6) is 0 Å². The number of amides is 1. The average molecular weight is 235 g/mol. The van der Waals surface area contributed by atoms with Gasteiger partial charge >= 0.3 is 0 Å². The fraction of sp³-hybridized carbons (Fsp3) is 0.500. The fourth-order valence-electron chi connectivity index (χ4n) is 1.60. The van der Waals surface area contributed by atoms with Gasteiger partial charge in [-0.1, -0.05) is 19.1 Å². The highest BCUT2D eigenvalue weighted by Gasteiger charge is 2.11. The maximum absolute atomic E-state index is 11.8. The summed E-state index contributed by atoms with van der Waals surface area (Å²) in [6.45, 7) is 3.80. The van der Waals surface area contributed by atoms with Crippen LogP contribution in [0.3, 0.4) is 0 Å². The van der Waals surface area contributed by atoms with Crippen LogP contribution in [0.15, 0.2) is 24.3 Å². The molecule has 0 aliphatic rings. The van der Waals surface area contributed by atoms with Gasteiger partial charge in [-0.2, -0.15) is 0 Å². The highest BCUT2D eigenvalue weighted by molar-refractivity contribution is 5.92. The van der Waals surface area contributed by atoms with Gasteiger partial charge in [0.1, 0.15) is 0 Å². The zero-order valence-corrected chi connectivity index (χ0v) is 10.8. The van der Waals surface area contributed by atoms with E-state index in [1.165, 1.54) is 5.56 Å². The van der Waals surface area contributed by atoms with Gasteiger partial charge in [-0.05, 0) is 37.5 Å². The lowest BCUT2D eigenvalue weighted by atomic mass is 10.1. The summed E-state index contributed by atoms with van der Waals surface area (Å²) in [6, 6.07) is 7.99. The molecule has 0 spiro atoms. The quantitative estimate of drug-likeness (QED) is 0.851. The van der Waals surface area contributed by atoms with E-state index in [1.807, 2.05) is 24.3 Å². The molecule has 1 rings (SSSR count). The number of aliphatic hydroxyl groups is 1. The molecule has 1 atom stereocenters. The second kappa shape index (κ2) is 6.40. The highest BCUT2D eigenvalue weighted by Crippen LogP contribution is 2.15. The van der Waals surface area contributed by atoms with Crippen molar-refractivity contribution in [2.75, 3.05) is 11.9 Å². The number of anilines is 1. The van der Waals surface area contributed by atoms with Crippen LogP contribution < -0.4 is 4.90 Å². The van der Waals surface area contributed by atoms with Gasteiger partial charge in [0.2, 0.25) is 5.91 Å². The molecule has 0 fully saturated rings. The van der Waals surface area contributed by atoms with E-state index in [-0.39, 0.29) is 5.91 Å². The third kappa shape index (κ3) is 4.19. The van der Waals surface area contributed by atoms with E-state index >= 15 is 0 Å². The Morgan fingerprint density at radius 3 is 2.41 bits per heavy atom. The summed E-state index contributed by atoms with van der Waals surface area (Å²) in [5.74, 6) is 0.0372. The molecule has 1 aromatic rings. The maximum Gasteiger partial charge on any atom is 0.226 e. The number of rotatable bonds is 5. The van der Waals surface area contributed by atoms with Crippen molar-refractivity contribution >= 4 is 11.6 Å². The molecular formula is C14H21NO2. The Labute approximate surface area is 103 Å². The normalized spacial score (nSPS) is 12.2. The Morgan fingerprint density at radius 2 is 1.94 bits per heavy atom. The van der Waals surface area contributed by atoms with Crippen molar-refractivity contribution < 1.29 is 9.90 Å². The summed E-state index contributed by atoms with van der Waals surface area (Å²) in [4.78, 5) is 13.5. The summed E-state index contributed by atoms with van der Waals surface area (Å²) >= 11 is 0. The number of aliphatic hydroxyl groups excluding tert-OH is 1. The Balaban J connectivity index is 2.61. The molecule has 3 nitrogen and oxygen atoms in total. The predicted octanol–water partition coefficient (Wildman–Crippen LogP) is 2.37. The van der Waals surface area contributed by atoms with Gasteiger partial charge in [-0.3, -0.25) is 4.79 Å². The SMILES string of the molecule is CCc1ccc(N(C)C(=O)CCC(C)O)cc1. The molecule has 0 aliphatic carbocycles. The van der Waals surface area contributed by atoms with Gasteiger partial charge in [0.05, 0.1) is 6.10 Å². The second-order valence-corrected chi connectivity index (χ2v) is 4.36. The van der Waals surface area contributed by atoms with Crippen LogP contribution >= 0.6 is 0 Å². The average Bonchev–Trinajstić information content (AvgIpc) is 2.35. The van der Waals surface area contributed by atoms with Crippen molar-refractivity contribution in [3.05, 3.63) is 29.8 Å². The van der Waals surface area contributed by atoms with Gasteiger partial charge in [-0.25, -0.2) is 0 Å². The van der Waals surface area contributed by atoms with Crippen molar-refractivity contribution in [1.29, 1.82) is 0 Å². The highest BCUT2D eigenvalue weighted by atomic mass is 16.3. The topological polar surface area (TPSA) is 40.5 Å². The van der Waals surface area contributed by atoms with Crippen molar-refractivity contribution in [2.24, 2.45) is 0 Å². The summed E-state index contributed by atoms with van der Waals surface area (Å²) in [6.07, 6.45) is 1.47. The lowest BCUT2D eigenvalue weighted by Gasteiger charge is -2.18. The van der Waals surface area contributed by atoms with Crippen LogP contribution in [0.2, 0.25) is 0 Å². The second-order valence-electron chi connectivity index (χ2n) is 4.36. The number of hydrogen-bond donors (Lipinski definition) is 1. The molecule has 1 aromatic carbocycles. The molecule has 1 amide bonds. The minimum atomic E-state index is -0.421. The van der Waals surface area contributed by atoms with Crippen LogP contribution in [0.4, 0.5) is 5.69 Å². The molecule has 0 saturated carbocycles. The van der Waals surface area contributed by atoms with Crippen LogP contribution in [-0.2, 0) is 11.2 Å². The Morgan fingerprint density at radius 1 is 1.35 bits per heavy atom. The lowest BCUT2D eigenvalue weighted by Crippen LogP contribution is -2.26. The van der Waals surface area contributed by atoms with Crippen molar-refractivity contribution in [3.8, 4) is 0 Å². The standard InChI is InChI=1S/C14H21NO2/c1-4-12-6-8-13(9-7-12)15(3)14(17)10-5-11(2)16/h6-9,11,16H,4-5,10H2,1-3H3.